The van der Waals surface area contributed by atoms with E-state index in [0.29, 0.717) is 12.0 Å². The molecule has 2 unspecified atom stereocenters. The molecule has 0 heterocycles. The van der Waals surface area contributed by atoms with Crippen molar-refractivity contribution in [2.45, 2.75) is 57.0 Å². The summed E-state index contributed by atoms with van der Waals surface area (Å²) >= 11 is 0. The molecule has 86 valence electrons. The van der Waals surface area contributed by atoms with Crippen molar-refractivity contribution in [3.63, 3.8) is 0 Å². The van der Waals surface area contributed by atoms with Crippen molar-refractivity contribution in [2.75, 3.05) is 0 Å². The molecule has 2 fully saturated rings. The molecule has 0 radical (unpaired) electrons. The Bertz CT molecular complexity index is 229. The summed E-state index contributed by atoms with van der Waals surface area (Å²) in [6.07, 6.45) is 8.70. The molecule has 2 saturated carbocycles. The lowest BCUT2D eigenvalue weighted by atomic mass is 9.69. The van der Waals surface area contributed by atoms with Gasteiger partial charge in [0.05, 0.1) is 0 Å². The van der Waals surface area contributed by atoms with Gasteiger partial charge in [0.1, 0.15) is 0 Å². The van der Waals surface area contributed by atoms with Crippen molar-refractivity contribution in [1.29, 1.82) is 0 Å². The molecule has 2 nitrogen and oxygen atoms in total. The predicted octanol–water partition coefficient (Wildman–Crippen LogP) is 2.19. The van der Waals surface area contributed by atoms with E-state index in [2.05, 4.69) is 6.58 Å². The monoisotopic (exact) mass is 208 g/mol. The van der Waals surface area contributed by atoms with E-state index < -0.39 is 0 Å². The molecule has 0 aromatic heterocycles. The lowest BCUT2D eigenvalue weighted by Gasteiger charge is -2.39. The van der Waals surface area contributed by atoms with E-state index in [1.165, 1.54) is 44.1 Å². The maximum absolute atomic E-state index is 6.26. The molecule has 2 aliphatic carbocycles. The van der Waals surface area contributed by atoms with E-state index in [4.69, 9.17) is 11.5 Å². The zero-order valence-corrected chi connectivity index (χ0v) is 9.62. The Hall–Kier alpha value is -0.340. The van der Waals surface area contributed by atoms with E-state index in [1.807, 2.05) is 0 Å². The minimum atomic E-state index is 0.262. The lowest BCUT2D eigenvalue weighted by molar-refractivity contribution is 0.188. The summed E-state index contributed by atoms with van der Waals surface area (Å²) < 4.78 is 0. The van der Waals surface area contributed by atoms with Crippen LogP contribution >= 0.6 is 0 Å². The van der Waals surface area contributed by atoms with Crippen LogP contribution in [0.1, 0.15) is 44.9 Å². The van der Waals surface area contributed by atoms with Gasteiger partial charge in [0.15, 0.2) is 0 Å². The topological polar surface area (TPSA) is 52.0 Å². The average Bonchev–Trinajstić information content (AvgIpc) is 2.24. The first kappa shape index (κ1) is 11.2. The molecule has 0 aliphatic heterocycles. The first-order valence-electron chi connectivity index (χ1n) is 6.37. The van der Waals surface area contributed by atoms with Gasteiger partial charge in [-0.15, -0.1) is 0 Å². The third kappa shape index (κ3) is 2.43. The van der Waals surface area contributed by atoms with Crippen LogP contribution in [0.2, 0.25) is 0 Å². The Morgan fingerprint density at radius 1 is 1.00 bits per heavy atom. The van der Waals surface area contributed by atoms with Crippen molar-refractivity contribution in [1.82, 2.24) is 0 Å². The van der Waals surface area contributed by atoms with Crippen molar-refractivity contribution >= 4 is 0 Å². The molecule has 0 aromatic rings. The van der Waals surface area contributed by atoms with Gasteiger partial charge >= 0.3 is 0 Å². The lowest BCUT2D eigenvalue weighted by Crippen LogP contribution is -2.41. The van der Waals surface area contributed by atoms with E-state index in [-0.39, 0.29) is 6.04 Å². The summed E-state index contributed by atoms with van der Waals surface area (Å²) in [4.78, 5) is 0. The summed E-state index contributed by atoms with van der Waals surface area (Å²) in [5, 5.41) is 0. The maximum Gasteiger partial charge on any atom is 0.0282 e. The van der Waals surface area contributed by atoms with Crippen LogP contribution < -0.4 is 11.5 Å². The molecule has 2 atom stereocenters. The number of rotatable bonds is 1. The molecule has 2 aliphatic rings. The van der Waals surface area contributed by atoms with Crippen LogP contribution in [-0.2, 0) is 0 Å². The molecule has 2 rings (SSSR count). The third-order valence-electron chi connectivity index (χ3n) is 4.39. The van der Waals surface area contributed by atoms with Gasteiger partial charge in [-0.1, -0.05) is 12.2 Å². The van der Waals surface area contributed by atoms with Gasteiger partial charge in [-0.2, -0.15) is 0 Å². The molecule has 0 bridgehead atoms. The molecule has 2 heteroatoms. The Morgan fingerprint density at radius 2 is 1.67 bits per heavy atom. The van der Waals surface area contributed by atoms with Crippen LogP contribution in [0.25, 0.3) is 0 Å². The molecule has 0 spiro atoms. The quantitative estimate of drug-likeness (QED) is 0.649. The number of hydrogen-bond donors (Lipinski definition) is 2. The van der Waals surface area contributed by atoms with Gasteiger partial charge in [0.25, 0.3) is 0 Å². The predicted molar refractivity (Wildman–Crippen MR) is 64.4 cm³/mol. The number of nitrogens with two attached hydrogens (primary N) is 2. The first-order valence-corrected chi connectivity index (χ1v) is 6.37. The molecule has 0 amide bonds. The van der Waals surface area contributed by atoms with Crippen LogP contribution in [0, 0.1) is 11.8 Å². The van der Waals surface area contributed by atoms with E-state index in [0.717, 1.165) is 12.3 Å². The molecule has 0 aromatic carbocycles. The Labute approximate surface area is 93.1 Å². The minimum absolute atomic E-state index is 0.262. The Kier molecular flexibility index (Phi) is 3.47. The highest BCUT2D eigenvalue weighted by Gasteiger charge is 2.33. The van der Waals surface area contributed by atoms with E-state index in [1.54, 1.807) is 0 Å². The van der Waals surface area contributed by atoms with Gasteiger partial charge in [-0.3, -0.25) is 0 Å². The normalized spacial score (nSPS) is 42.9. The fraction of sp³-hybridized carbons (Fsp3) is 0.846. The highest BCUT2D eigenvalue weighted by Crippen LogP contribution is 2.38. The van der Waals surface area contributed by atoms with E-state index >= 15 is 0 Å². The van der Waals surface area contributed by atoms with Crippen LogP contribution in [0.4, 0.5) is 0 Å². The zero-order valence-electron chi connectivity index (χ0n) is 9.62. The average molecular weight is 208 g/mol. The van der Waals surface area contributed by atoms with Gasteiger partial charge < -0.3 is 11.5 Å². The largest absolute Gasteiger partial charge is 0.328 e. The van der Waals surface area contributed by atoms with Crippen molar-refractivity contribution in [2.24, 2.45) is 23.3 Å². The Balaban J connectivity index is 1.94. The fourth-order valence-corrected chi connectivity index (χ4v) is 3.32. The summed E-state index contributed by atoms with van der Waals surface area (Å²) in [6, 6.07) is 0.711. The summed E-state index contributed by atoms with van der Waals surface area (Å²) in [5.41, 5.74) is 13.5. The second kappa shape index (κ2) is 4.67. The second-order valence-electron chi connectivity index (χ2n) is 5.41. The van der Waals surface area contributed by atoms with Gasteiger partial charge in [-0.25, -0.2) is 0 Å². The molecular formula is C13H24N2. The van der Waals surface area contributed by atoms with Crippen LogP contribution in [-0.4, -0.2) is 12.1 Å². The zero-order chi connectivity index (χ0) is 10.8. The number of hydrogen-bond acceptors (Lipinski definition) is 2. The molecule has 4 N–H and O–H groups in total. The van der Waals surface area contributed by atoms with E-state index in [9.17, 15) is 0 Å². The highest BCUT2D eigenvalue weighted by atomic mass is 14.7. The van der Waals surface area contributed by atoms with Crippen molar-refractivity contribution in [3.8, 4) is 0 Å². The van der Waals surface area contributed by atoms with Gasteiger partial charge in [0, 0.05) is 12.1 Å². The highest BCUT2D eigenvalue weighted by molar-refractivity contribution is 5.10. The molecular weight excluding hydrogens is 184 g/mol. The van der Waals surface area contributed by atoms with Crippen LogP contribution in [0.3, 0.4) is 0 Å². The van der Waals surface area contributed by atoms with Gasteiger partial charge in [-0.05, 0) is 56.8 Å². The molecule has 0 saturated heterocycles. The summed E-state index contributed by atoms with van der Waals surface area (Å²) in [6.45, 7) is 4.11. The van der Waals surface area contributed by atoms with Crippen molar-refractivity contribution < 1.29 is 0 Å². The second-order valence-corrected chi connectivity index (χ2v) is 5.41. The SMILES string of the molecule is C=C1CCCC(C2CCC(N)CC2)C1N. The standard InChI is InChI=1S/C13H24N2/c1-9-3-2-4-12(13(9)15)10-5-7-11(14)8-6-10/h10-13H,1-8,14-15H2. The summed E-state index contributed by atoms with van der Waals surface area (Å²) in [5.74, 6) is 1.51. The van der Waals surface area contributed by atoms with Gasteiger partial charge in [0.2, 0.25) is 0 Å². The fourth-order valence-electron chi connectivity index (χ4n) is 3.32. The maximum atomic E-state index is 6.26. The van der Waals surface area contributed by atoms with Crippen molar-refractivity contribution in [3.05, 3.63) is 12.2 Å². The minimum Gasteiger partial charge on any atom is -0.328 e. The smallest absolute Gasteiger partial charge is 0.0282 e. The third-order valence-corrected chi connectivity index (χ3v) is 4.39. The van der Waals surface area contributed by atoms with Crippen LogP contribution in [0.5, 0.6) is 0 Å². The van der Waals surface area contributed by atoms with Crippen LogP contribution in [0.15, 0.2) is 12.2 Å². The first-order chi connectivity index (χ1) is 7.18. The Morgan fingerprint density at radius 3 is 2.33 bits per heavy atom. The molecule has 15 heavy (non-hydrogen) atoms. The summed E-state index contributed by atoms with van der Waals surface area (Å²) in [7, 11) is 0.